The number of nitrogens with zero attached hydrogens (tertiary/aromatic N) is 3. The van der Waals surface area contributed by atoms with Crippen molar-refractivity contribution in [1.29, 1.82) is 0 Å². The molecule has 1 amide bonds. The van der Waals surface area contributed by atoms with Crippen LogP contribution in [0, 0.1) is 6.92 Å². The van der Waals surface area contributed by atoms with Crippen molar-refractivity contribution in [3.05, 3.63) is 94.4 Å². The number of para-hydroxylation sites is 1. The molecule has 1 N–H and O–H groups in total. The molecule has 0 saturated carbocycles. The number of pyridine rings is 1. The molecule has 4 rings (SSSR count). The third kappa shape index (κ3) is 4.30. The molecule has 0 bridgehead atoms. The van der Waals surface area contributed by atoms with Crippen molar-refractivity contribution in [2.75, 3.05) is 6.54 Å². The van der Waals surface area contributed by atoms with Crippen LogP contribution in [0.3, 0.4) is 0 Å². The van der Waals surface area contributed by atoms with Crippen molar-refractivity contribution >= 4 is 28.4 Å². The van der Waals surface area contributed by atoms with E-state index in [2.05, 4.69) is 15.4 Å². The molecule has 0 aliphatic rings. The van der Waals surface area contributed by atoms with E-state index in [9.17, 15) is 4.79 Å². The van der Waals surface area contributed by atoms with Gasteiger partial charge in [0.2, 0.25) is 0 Å². The van der Waals surface area contributed by atoms with Crippen LogP contribution in [0.2, 0.25) is 5.02 Å². The van der Waals surface area contributed by atoms with Gasteiger partial charge in [0, 0.05) is 35.3 Å². The highest BCUT2D eigenvalue weighted by atomic mass is 35.5. The van der Waals surface area contributed by atoms with Gasteiger partial charge in [-0.1, -0.05) is 48.0 Å². The molecule has 0 aliphatic heterocycles. The lowest BCUT2D eigenvalue weighted by molar-refractivity contribution is 0.0950. The Labute approximate surface area is 174 Å². The lowest BCUT2D eigenvalue weighted by Crippen LogP contribution is -2.26. The second-order valence-electron chi connectivity index (χ2n) is 6.92. The van der Waals surface area contributed by atoms with Gasteiger partial charge in [-0.2, -0.15) is 5.10 Å². The Hall–Kier alpha value is -3.18. The Kier molecular flexibility index (Phi) is 5.58. The van der Waals surface area contributed by atoms with E-state index in [0.717, 1.165) is 27.7 Å². The number of rotatable bonds is 6. The van der Waals surface area contributed by atoms with Crippen molar-refractivity contribution in [2.24, 2.45) is 0 Å². The minimum atomic E-state index is -0.176. The molecule has 0 atom stereocenters. The average Bonchev–Trinajstić information content (AvgIpc) is 3.10. The molecule has 2 heterocycles. The van der Waals surface area contributed by atoms with Crippen LogP contribution in [0.1, 0.15) is 27.3 Å². The van der Waals surface area contributed by atoms with Gasteiger partial charge in [-0.3, -0.25) is 14.5 Å². The van der Waals surface area contributed by atoms with Gasteiger partial charge in [0.1, 0.15) is 0 Å². The molecule has 5 nitrogen and oxygen atoms in total. The SMILES string of the molecule is Cc1cccnc1CCNC(=O)c1nn(Cc2ccc(Cl)cc2)c2ccccc12. The smallest absolute Gasteiger partial charge is 0.272 e. The molecule has 6 heteroatoms. The predicted molar refractivity (Wildman–Crippen MR) is 115 cm³/mol. The van der Waals surface area contributed by atoms with Crippen molar-refractivity contribution in [1.82, 2.24) is 20.1 Å². The summed E-state index contributed by atoms with van der Waals surface area (Å²) in [5.41, 5.74) is 4.55. The largest absolute Gasteiger partial charge is 0.350 e. The third-order valence-corrected chi connectivity index (χ3v) is 5.14. The van der Waals surface area contributed by atoms with Gasteiger partial charge in [-0.05, 0) is 42.3 Å². The summed E-state index contributed by atoms with van der Waals surface area (Å²) in [7, 11) is 0. The maximum absolute atomic E-state index is 12.8. The maximum Gasteiger partial charge on any atom is 0.272 e. The number of aryl methyl sites for hydroxylation is 1. The molecule has 4 aromatic rings. The molecular weight excluding hydrogens is 384 g/mol. The van der Waals surface area contributed by atoms with E-state index in [1.54, 1.807) is 6.20 Å². The first kappa shape index (κ1) is 19.2. The maximum atomic E-state index is 12.8. The van der Waals surface area contributed by atoms with Crippen molar-refractivity contribution in [2.45, 2.75) is 19.9 Å². The summed E-state index contributed by atoms with van der Waals surface area (Å²) in [6.07, 6.45) is 2.46. The molecule has 2 aromatic heterocycles. The van der Waals surface area contributed by atoms with Gasteiger partial charge in [-0.15, -0.1) is 0 Å². The van der Waals surface area contributed by atoms with Crippen LogP contribution >= 0.6 is 11.6 Å². The summed E-state index contributed by atoms with van der Waals surface area (Å²) in [5.74, 6) is -0.176. The van der Waals surface area contributed by atoms with E-state index in [0.29, 0.717) is 30.2 Å². The van der Waals surface area contributed by atoms with Gasteiger partial charge in [0.05, 0.1) is 12.1 Å². The summed E-state index contributed by atoms with van der Waals surface area (Å²) in [6, 6.07) is 19.4. The zero-order valence-electron chi connectivity index (χ0n) is 16.1. The number of benzene rings is 2. The Bertz CT molecular complexity index is 1150. The number of hydrogen-bond acceptors (Lipinski definition) is 3. The Morgan fingerprint density at radius 2 is 1.86 bits per heavy atom. The van der Waals surface area contributed by atoms with Gasteiger partial charge in [0.25, 0.3) is 5.91 Å². The van der Waals surface area contributed by atoms with E-state index in [4.69, 9.17) is 11.6 Å². The Morgan fingerprint density at radius 1 is 1.07 bits per heavy atom. The average molecular weight is 405 g/mol. The van der Waals surface area contributed by atoms with Gasteiger partial charge in [0.15, 0.2) is 5.69 Å². The number of carbonyl (C=O) groups is 1. The summed E-state index contributed by atoms with van der Waals surface area (Å²) >= 11 is 5.98. The monoisotopic (exact) mass is 404 g/mol. The Morgan fingerprint density at radius 3 is 2.66 bits per heavy atom. The normalized spacial score (nSPS) is 11.0. The quantitative estimate of drug-likeness (QED) is 0.517. The molecule has 0 spiro atoms. The van der Waals surface area contributed by atoms with Crippen LogP contribution < -0.4 is 5.32 Å². The van der Waals surface area contributed by atoms with Crippen LogP contribution in [-0.2, 0) is 13.0 Å². The summed E-state index contributed by atoms with van der Waals surface area (Å²) < 4.78 is 1.86. The molecule has 29 heavy (non-hydrogen) atoms. The standard InChI is InChI=1S/C23H21ClN4O/c1-16-5-4-13-25-20(16)12-14-26-23(29)22-19-6-2-3-7-21(19)28(27-22)15-17-8-10-18(24)11-9-17/h2-11,13H,12,14-15H2,1H3,(H,26,29). The zero-order chi connectivity index (χ0) is 20.2. The van der Waals surface area contributed by atoms with Crippen LogP contribution in [0.5, 0.6) is 0 Å². The highest BCUT2D eigenvalue weighted by Crippen LogP contribution is 2.20. The molecule has 0 saturated heterocycles. The van der Waals surface area contributed by atoms with Gasteiger partial charge < -0.3 is 5.32 Å². The zero-order valence-corrected chi connectivity index (χ0v) is 16.9. The number of hydrogen-bond donors (Lipinski definition) is 1. The fourth-order valence-corrected chi connectivity index (χ4v) is 3.46. The van der Waals surface area contributed by atoms with Crippen molar-refractivity contribution in [3.8, 4) is 0 Å². The number of amides is 1. The topological polar surface area (TPSA) is 59.8 Å². The third-order valence-electron chi connectivity index (χ3n) is 4.88. The highest BCUT2D eigenvalue weighted by Gasteiger charge is 2.17. The number of halogens is 1. The van der Waals surface area contributed by atoms with E-state index in [-0.39, 0.29) is 5.91 Å². The van der Waals surface area contributed by atoms with Crippen molar-refractivity contribution < 1.29 is 4.79 Å². The first-order chi connectivity index (χ1) is 14.1. The van der Waals surface area contributed by atoms with Crippen LogP contribution in [0.4, 0.5) is 0 Å². The van der Waals surface area contributed by atoms with Gasteiger partial charge in [-0.25, -0.2) is 0 Å². The van der Waals surface area contributed by atoms with E-state index >= 15 is 0 Å². The first-order valence-electron chi connectivity index (χ1n) is 9.50. The molecule has 0 aliphatic carbocycles. The first-order valence-corrected chi connectivity index (χ1v) is 9.88. The number of carbonyl (C=O) groups excluding carboxylic acids is 1. The van der Waals surface area contributed by atoms with Crippen LogP contribution in [-0.4, -0.2) is 27.2 Å². The molecular formula is C23H21ClN4O. The summed E-state index contributed by atoms with van der Waals surface area (Å²) in [4.78, 5) is 17.2. The molecule has 2 aromatic carbocycles. The van der Waals surface area contributed by atoms with E-state index in [1.165, 1.54) is 0 Å². The van der Waals surface area contributed by atoms with Crippen LogP contribution in [0.15, 0.2) is 66.9 Å². The van der Waals surface area contributed by atoms with Crippen molar-refractivity contribution in [3.63, 3.8) is 0 Å². The summed E-state index contributed by atoms with van der Waals surface area (Å²) in [5, 5.41) is 9.12. The van der Waals surface area contributed by atoms with E-state index < -0.39 is 0 Å². The summed E-state index contributed by atoms with van der Waals surface area (Å²) in [6.45, 7) is 3.10. The Balaban J connectivity index is 1.53. The fourth-order valence-electron chi connectivity index (χ4n) is 3.34. The second kappa shape index (κ2) is 8.45. The highest BCUT2D eigenvalue weighted by molar-refractivity contribution is 6.30. The number of nitrogens with one attached hydrogen (secondary N) is 1. The van der Waals surface area contributed by atoms with E-state index in [1.807, 2.05) is 72.3 Å². The predicted octanol–water partition coefficient (Wildman–Crippen LogP) is 4.41. The fraction of sp³-hybridized carbons (Fsp3) is 0.174. The minimum Gasteiger partial charge on any atom is -0.350 e. The lowest BCUT2D eigenvalue weighted by atomic mass is 10.1. The lowest BCUT2D eigenvalue weighted by Gasteiger charge is -2.06. The number of fused-ring (bicyclic) bond motifs is 1. The molecule has 0 fully saturated rings. The molecule has 0 unspecified atom stereocenters. The van der Waals surface area contributed by atoms with Gasteiger partial charge >= 0.3 is 0 Å². The second-order valence-corrected chi connectivity index (χ2v) is 7.36. The molecule has 0 radical (unpaired) electrons. The molecule has 146 valence electrons. The van der Waals surface area contributed by atoms with Crippen LogP contribution in [0.25, 0.3) is 10.9 Å². The minimum absolute atomic E-state index is 0.176. The number of aromatic nitrogens is 3.